The monoisotopic (exact) mass is 325 g/mol. The lowest BCUT2D eigenvalue weighted by molar-refractivity contribution is 0.0695. The van der Waals surface area contributed by atoms with E-state index >= 15 is 0 Å². The van der Waals surface area contributed by atoms with E-state index in [4.69, 9.17) is 9.84 Å². The Morgan fingerprint density at radius 3 is 2.68 bits per heavy atom. The number of pyridine rings is 1. The van der Waals surface area contributed by atoms with E-state index < -0.39 is 11.8 Å². The van der Waals surface area contributed by atoms with Crippen molar-refractivity contribution in [2.24, 2.45) is 0 Å². The van der Waals surface area contributed by atoms with Gasteiger partial charge < -0.3 is 9.84 Å². The van der Waals surface area contributed by atoms with E-state index in [1.807, 2.05) is 0 Å². The third kappa shape index (κ3) is 3.08. The average molecular weight is 326 g/mol. The summed E-state index contributed by atoms with van der Waals surface area (Å²) < 4.78 is 19.4. The van der Waals surface area contributed by atoms with Crippen molar-refractivity contribution in [1.82, 2.24) is 4.98 Å². The first kappa shape index (κ1) is 13.5. The summed E-state index contributed by atoms with van der Waals surface area (Å²) in [5, 5.41) is 8.87. The second-order valence-corrected chi connectivity index (χ2v) is 4.68. The number of hydrogen-bond acceptors (Lipinski definition) is 3. The van der Waals surface area contributed by atoms with E-state index in [9.17, 15) is 9.18 Å². The van der Waals surface area contributed by atoms with Gasteiger partial charge in [0.1, 0.15) is 0 Å². The zero-order valence-electron chi connectivity index (χ0n) is 9.85. The molecule has 0 fully saturated rings. The van der Waals surface area contributed by atoms with Gasteiger partial charge in [-0.2, -0.15) is 0 Å². The third-order valence-corrected chi connectivity index (χ3v) is 2.89. The second kappa shape index (κ2) is 5.36. The summed E-state index contributed by atoms with van der Waals surface area (Å²) in [6, 6.07) is 7.13. The lowest BCUT2D eigenvalue weighted by Gasteiger charge is -2.07. The number of nitrogens with zero attached hydrogens (tertiary/aromatic N) is 1. The molecule has 0 bridgehead atoms. The van der Waals surface area contributed by atoms with Crippen LogP contribution in [-0.4, -0.2) is 16.1 Å². The van der Waals surface area contributed by atoms with Crippen molar-refractivity contribution in [2.45, 2.75) is 6.92 Å². The van der Waals surface area contributed by atoms with Gasteiger partial charge in [-0.05, 0) is 31.2 Å². The quantitative estimate of drug-likeness (QED) is 0.932. The van der Waals surface area contributed by atoms with Crippen LogP contribution in [0.15, 0.2) is 34.8 Å². The van der Waals surface area contributed by atoms with Crippen LogP contribution < -0.4 is 4.74 Å². The van der Waals surface area contributed by atoms with Crippen molar-refractivity contribution < 1.29 is 19.0 Å². The molecule has 6 heteroatoms. The molecule has 0 aliphatic heterocycles. The van der Waals surface area contributed by atoms with Crippen LogP contribution in [0.4, 0.5) is 4.39 Å². The Bertz CT molecular complexity index is 646. The maximum absolute atomic E-state index is 13.6. The van der Waals surface area contributed by atoms with Gasteiger partial charge in [0, 0.05) is 10.5 Å². The smallest absolute Gasteiger partial charge is 0.337 e. The third-order valence-electron chi connectivity index (χ3n) is 2.40. The molecule has 98 valence electrons. The van der Waals surface area contributed by atoms with Crippen LogP contribution in [0.2, 0.25) is 0 Å². The highest BCUT2D eigenvalue weighted by Crippen LogP contribution is 2.26. The molecule has 0 amide bonds. The number of aromatic carboxylic acids is 1. The van der Waals surface area contributed by atoms with Crippen molar-refractivity contribution in [1.29, 1.82) is 0 Å². The highest BCUT2D eigenvalue weighted by atomic mass is 79.9. The second-order valence-electron chi connectivity index (χ2n) is 3.76. The van der Waals surface area contributed by atoms with Crippen molar-refractivity contribution in [2.75, 3.05) is 0 Å². The summed E-state index contributed by atoms with van der Waals surface area (Å²) >= 11 is 3.14. The number of aryl methyl sites for hydroxylation is 1. The Morgan fingerprint density at radius 1 is 1.37 bits per heavy atom. The molecule has 2 rings (SSSR count). The lowest BCUT2D eigenvalue weighted by Crippen LogP contribution is -2.02. The Balaban J connectivity index is 2.29. The van der Waals surface area contributed by atoms with Gasteiger partial charge in [-0.3, -0.25) is 0 Å². The molecule has 1 aromatic carbocycles. The predicted molar refractivity (Wildman–Crippen MR) is 70.1 cm³/mol. The van der Waals surface area contributed by atoms with Crippen molar-refractivity contribution in [3.63, 3.8) is 0 Å². The zero-order valence-corrected chi connectivity index (χ0v) is 11.4. The minimum atomic E-state index is -1.06. The number of ether oxygens (including phenoxy) is 1. The first-order valence-electron chi connectivity index (χ1n) is 5.31. The Morgan fingerprint density at radius 2 is 2.11 bits per heavy atom. The maximum Gasteiger partial charge on any atom is 0.337 e. The number of aromatic nitrogens is 1. The van der Waals surface area contributed by atoms with Crippen LogP contribution in [0.25, 0.3) is 0 Å². The molecule has 0 saturated carbocycles. The Kier molecular flexibility index (Phi) is 3.80. The molecular weight excluding hydrogens is 317 g/mol. The fourth-order valence-corrected chi connectivity index (χ4v) is 1.82. The summed E-state index contributed by atoms with van der Waals surface area (Å²) in [6.07, 6.45) is 0. The first-order valence-corrected chi connectivity index (χ1v) is 6.10. The summed E-state index contributed by atoms with van der Waals surface area (Å²) in [7, 11) is 0. The van der Waals surface area contributed by atoms with Crippen molar-refractivity contribution in [3.8, 4) is 11.6 Å². The molecule has 1 aromatic heterocycles. The van der Waals surface area contributed by atoms with Crippen LogP contribution in [0, 0.1) is 12.7 Å². The molecule has 1 N–H and O–H groups in total. The largest absolute Gasteiger partial charge is 0.478 e. The molecule has 0 aliphatic carbocycles. The first-order chi connectivity index (χ1) is 8.97. The predicted octanol–water partition coefficient (Wildman–Crippen LogP) is 3.78. The van der Waals surface area contributed by atoms with Crippen LogP contribution in [0.5, 0.6) is 11.6 Å². The number of benzene rings is 1. The van der Waals surface area contributed by atoms with Crippen molar-refractivity contribution in [3.05, 3.63) is 51.9 Å². The van der Waals surface area contributed by atoms with E-state index in [1.54, 1.807) is 13.0 Å². The van der Waals surface area contributed by atoms with Crippen LogP contribution >= 0.6 is 15.9 Å². The summed E-state index contributed by atoms with van der Waals surface area (Å²) in [6.45, 7) is 1.55. The minimum Gasteiger partial charge on any atom is -0.478 e. The molecular formula is C13H9BrFNO3. The van der Waals surface area contributed by atoms with Gasteiger partial charge in [-0.25, -0.2) is 14.2 Å². The van der Waals surface area contributed by atoms with Gasteiger partial charge in [0.2, 0.25) is 5.88 Å². The summed E-state index contributed by atoms with van der Waals surface area (Å²) in [4.78, 5) is 14.8. The number of carboxylic acids is 1. The van der Waals surface area contributed by atoms with E-state index in [0.717, 1.165) is 0 Å². The number of carboxylic acid groups (broad SMARTS) is 1. The van der Waals surface area contributed by atoms with E-state index in [1.165, 1.54) is 24.3 Å². The number of halogens is 2. The fourth-order valence-electron chi connectivity index (χ4n) is 1.49. The highest BCUT2D eigenvalue weighted by molar-refractivity contribution is 9.10. The normalized spacial score (nSPS) is 10.3. The molecule has 0 saturated heterocycles. The topological polar surface area (TPSA) is 59.4 Å². The SMILES string of the molecule is Cc1nc(Oc2ccc(Br)cc2F)ccc1C(=O)O. The lowest BCUT2D eigenvalue weighted by atomic mass is 10.2. The van der Waals surface area contributed by atoms with Crippen LogP contribution in [0.1, 0.15) is 16.1 Å². The molecule has 0 atom stereocenters. The molecule has 4 nitrogen and oxygen atoms in total. The standard InChI is InChI=1S/C13H9BrFNO3/c1-7-9(13(17)18)3-5-12(16-7)19-11-4-2-8(14)6-10(11)15/h2-6H,1H3,(H,17,18). The van der Waals surface area contributed by atoms with Crippen LogP contribution in [-0.2, 0) is 0 Å². The number of hydrogen-bond donors (Lipinski definition) is 1. The summed E-state index contributed by atoms with van der Waals surface area (Å²) in [5.41, 5.74) is 0.395. The van der Waals surface area contributed by atoms with Crippen molar-refractivity contribution >= 4 is 21.9 Å². The maximum atomic E-state index is 13.6. The van der Waals surface area contributed by atoms with Gasteiger partial charge >= 0.3 is 5.97 Å². The fraction of sp³-hybridized carbons (Fsp3) is 0.0769. The molecule has 0 radical (unpaired) electrons. The highest BCUT2D eigenvalue weighted by Gasteiger charge is 2.11. The molecule has 0 spiro atoms. The molecule has 1 heterocycles. The zero-order chi connectivity index (χ0) is 14.0. The van der Waals surface area contributed by atoms with Gasteiger partial charge in [-0.1, -0.05) is 15.9 Å². The molecule has 0 unspecified atom stereocenters. The van der Waals surface area contributed by atoms with E-state index in [0.29, 0.717) is 10.2 Å². The number of rotatable bonds is 3. The number of carbonyl (C=O) groups is 1. The van der Waals surface area contributed by atoms with E-state index in [-0.39, 0.29) is 17.2 Å². The molecule has 19 heavy (non-hydrogen) atoms. The Labute approximate surface area is 117 Å². The van der Waals surface area contributed by atoms with Crippen LogP contribution in [0.3, 0.4) is 0 Å². The van der Waals surface area contributed by atoms with Gasteiger partial charge in [0.05, 0.1) is 11.3 Å². The van der Waals surface area contributed by atoms with Gasteiger partial charge in [0.15, 0.2) is 11.6 Å². The van der Waals surface area contributed by atoms with Gasteiger partial charge in [0.25, 0.3) is 0 Å². The molecule has 0 aliphatic rings. The van der Waals surface area contributed by atoms with Gasteiger partial charge in [-0.15, -0.1) is 0 Å². The van der Waals surface area contributed by atoms with E-state index in [2.05, 4.69) is 20.9 Å². The average Bonchev–Trinajstić information content (AvgIpc) is 2.32. The summed E-state index contributed by atoms with van der Waals surface area (Å²) in [5.74, 6) is -1.43. The minimum absolute atomic E-state index is 0.0261. The molecule has 2 aromatic rings. The Hall–Kier alpha value is -1.95.